The molecule has 0 bridgehead atoms. The number of benzene rings is 1. The van der Waals surface area contributed by atoms with E-state index in [4.69, 9.17) is 5.26 Å². The van der Waals surface area contributed by atoms with Crippen molar-refractivity contribution in [3.05, 3.63) is 52.2 Å². The van der Waals surface area contributed by atoms with Gasteiger partial charge in [0.05, 0.1) is 11.6 Å². The van der Waals surface area contributed by atoms with E-state index in [-0.39, 0.29) is 6.03 Å². The van der Waals surface area contributed by atoms with Crippen LogP contribution in [0.15, 0.2) is 41.8 Å². The van der Waals surface area contributed by atoms with Crippen LogP contribution in [0.5, 0.6) is 0 Å². The Labute approximate surface area is 132 Å². The van der Waals surface area contributed by atoms with Crippen molar-refractivity contribution in [2.75, 3.05) is 17.6 Å². The monoisotopic (exact) mass is 317 g/mol. The summed E-state index contributed by atoms with van der Waals surface area (Å²) in [4.78, 5) is 13.0. The highest BCUT2D eigenvalue weighted by Gasteiger charge is 2.01. The minimum absolute atomic E-state index is 0.226. The number of carbonyl (C=O) groups excluding carboxylic acids is 1. The number of thioether (sulfide) groups is 1. The van der Waals surface area contributed by atoms with Crippen LogP contribution in [0.1, 0.15) is 10.4 Å². The molecule has 0 fully saturated rings. The Balaban J connectivity index is 1.62. The highest BCUT2D eigenvalue weighted by Crippen LogP contribution is 2.16. The van der Waals surface area contributed by atoms with Crippen molar-refractivity contribution in [2.45, 2.75) is 5.75 Å². The fraction of sp³-hybridized carbons (Fsp3) is 0.200. The van der Waals surface area contributed by atoms with Crippen molar-refractivity contribution < 1.29 is 4.79 Å². The summed E-state index contributed by atoms with van der Waals surface area (Å²) in [5.41, 5.74) is 1.25. The van der Waals surface area contributed by atoms with Gasteiger partial charge in [-0.3, -0.25) is 0 Å². The van der Waals surface area contributed by atoms with Gasteiger partial charge in [0.25, 0.3) is 0 Å². The van der Waals surface area contributed by atoms with Crippen molar-refractivity contribution in [1.29, 1.82) is 5.26 Å². The maximum absolute atomic E-state index is 11.7. The predicted octanol–water partition coefficient (Wildman–Crippen LogP) is 3.67. The maximum Gasteiger partial charge on any atom is 0.319 e. The molecule has 0 saturated heterocycles. The second-order valence-corrected chi connectivity index (χ2v) is 6.34. The summed E-state index contributed by atoms with van der Waals surface area (Å²) in [5, 5.41) is 16.3. The van der Waals surface area contributed by atoms with Crippen LogP contribution in [-0.4, -0.2) is 18.3 Å². The zero-order valence-corrected chi connectivity index (χ0v) is 13.0. The standard InChI is InChI=1S/C15H15N3OS2/c16-10-12-3-5-13(6-4-12)18-15(19)17-7-9-20-11-14-2-1-8-21-14/h1-6,8H,7,9,11H2,(H2,17,18,19). The molecule has 1 heterocycles. The van der Waals surface area contributed by atoms with Gasteiger partial charge >= 0.3 is 6.03 Å². The topological polar surface area (TPSA) is 64.9 Å². The van der Waals surface area contributed by atoms with Crippen molar-refractivity contribution in [2.24, 2.45) is 0 Å². The number of thiophene rings is 1. The minimum Gasteiger partial charge on any atom is -0.337 e. The van der Waals surface area contributed by atoms with Crippen LogP contribution in [-0.2, 0) is 5.75 Å². The quantitative estimate of drug-likeness (QED) is 0.799. The molecule has 2 N–H and O–H groups in total. The lowest BCUT2D eigenvalue weighted by Crippen LogP contribution is -2.30. The Morgan fingerprint density at radius 2 is 2.10 bits per heavy atom. The van der Waals surface area contributed by atoms with Gasteiger partial charge in [-0.15, -0.1) is 11.3 Å². The molecule has 0 aliphatic rings. The van der Waals surface area contributed by atoms with Gasteiger partial charge in [-0.2, -0.15) is 17.0 Å². The number of rotatable bonds is 6. The molecule has 4 nitrogen and oxygen atoms in total. The lowest BCUT2D eigenvalue weighted by atomic mass is 10.2. The van der Waals surface area contributed by atoms with E-state index in [9.17, 15) is 4.79 Å². The van der Waals surface area contributed by atoms with Gasteiger partial charge in [0.1, 0.15) is 0 Å². The molecular weight excluding hydrogens is 302 g/mol. The molecule has 2 aromatic rings. The molecule has 0 radical (unpaired) electrons. The molecule has 21 heavy (non-hydrogen) atoms. The molecule has 0 aliphatic heterocycles. The van der Waals surface area contributed by atoms with Gasteiger partial charge < -0.3 is 10.6 Å². The summed E-state index contributed by atoms with van der Waals surface area (Å²) in [6, 6.07) is 12.7. The first-order valence-corrected chi connectivity index (χ1v) is 8.46. The van der Waals surface area contributed by atoms with E-state index in [1.165, 1.54) is 4.88 Å². The number of carbonyl (C=O) groups is 1. The van der Waals surface area contributed by atoms with E-state index in [1.54, 1.807) is 47.4 Å². The molecule has 2 amide bonds. The second kappa shape index (κ2) is 8.35. The second-order valence-electron chi connectivity index (χ2n) is 4.20. The average molecular weight is 317 g/mol. The highest BCUT2D eigenvalue weighted by atomic mass is 32.2. The van der Waals surface area contributed by atoms with Crippen LogP contribution in [0.2, 0.25) is 0 Å². The fourth-order valence-electron chi connectivity index (χ4n) is 1.61. The molecule has 0 aliphatic carbocycles. The minimum atomic E-state index is -0.226. The van der Waals surface area contributed by atoms with E-state index in [1.807, 2.05) is 12.1 Å². The molecule has 2 rings (SSSR count). The normalized spacial score (nSPS) is 9.86. The first-order chi connectivity index (χ1) is 10.3. The largest absolute Gasteiger partial charge is 0.337 e. The Bertz CT molecular complexity index is 603. The first-order valence-electron chi connectivity index (χ1n) is 6.43. The van der Waals surface area contributed by atoms with Crippen molar-refractivity contribution >= 4 is 34.8 Å². The summed E-state index contributed by atoms with van der Waals surface area (Å²) >= 11 is 3.54. The molecule has 6 heteroatoms. The van der Waals surface area contributed by atoms with Crippen LogP contribution in [0, 0.1) is 11.3 Å². The van der Waals surface area contributed by atoms with Gasteiger partial charge in [0.15, 0.2) is 0 Å². The third-order valence-electron chi connectivity index (χ3n) is 2.63. The highest BCUT2D eigenvalue weighted by molar-refractivity contribution is 7.98. The summed E-state index contributed by atoms with van der Waals surface area (Å²) in [6.07, 6.45) is 0. The summed E-state index contributed by atoms with van der Waals surface area (Å²) < 4.78 is 0. The van der Waals surface area contributed by atoms with Gasteiger partial charge in [-0.25, -0.2) is 4.79 Å². The van der Waals surface area contributed by atoms with E-state index < -0.39 is 0 Å². The van der Waals surface area contributed by atoms with Crippen molar-refractivity contribution in [3.63, 3.8) is 0 Å². The van der Waals surface area contributed by atoms with E-state index >= 15 is 0 Å². The summed E-state index contributed by atoms with van der Waals surface area (Å²) in [6.45, 7) is 0.623. The van der Waals surface area contributed by atoms with Crippen LogP contribution in [0.4, 0.5) is 10.5 Å². The maximum atomic E-state index is 11.7. The molecule has 1 aromatic carbocycles. The Kier molecular flexibility index (Phi) is 6.13. The third-order valence-corrected chi connectivity index (χ3v) is 4.70. The molecule has 1 aromatic heterocycles. The average Bonchev–Trinajstić information content (AvgIpc) is 3.01. The van der Waals surface area contributed by atoms with E-state index in [0.717, 1.165) is 11.5 Å². The SMILES string of the molecule is N#Cc1ccc(NC(=O)NCCSCc2cccs2)cc1. The van der Waals surface area contributed by atoms with Crippen molar-refractivity contribution in [3.8, 4) is 6.07 Å². The van der Waals surface area contributed by atoms with Gasteiger partial charge in [-0.1, -0.05) is 6.07 Å². The van der Waals surface area contributed by atoms with Crippen LogP contribution in [0.3, 0.4) is 0 Å². The zero-order valence-electron chi connectivity index (χ0n) is 11.3. The number of nitrogens with zero attached hydrogens (tertiary/aromatic N) is 1. The third kappa shape index (κ3) is 5.50. The summed E-state index contributed by atoms with van der Waals surface area (Å²) in [5.74, 6) is 1.86. The van der Waals surface area contributed by atoms with E-state index in [0.29, 0.717) is 17.8 Å². The number of hydrogen-bond donors (Lipinski definition) is 2. The number of nitrogens with one attached hydrogen (secondary N) is 2. The molecule has 108 valence electrons. The van der Waals surface area contributed by atoms with E-state index in [2.05, 4.69) is 22.1 Å². The lowest BCUT2D eigenvalue weighted by molar-refractivity contribution is 0.252. The summed E-state index contributed by atoms with van der Waals surface area (Å²) in [7, 11) is 0. The Hall–Kier alpha value is -1.97. The van der Waals surface area contributed by atoms with Crippen LogP contribution in [0.25, 0.3) is 0 Å². The smallest absolute Gasteiger partial charge is 0.319 e. The van der Waals surface area contributed by atoms with Gasteiger partial charge in [0.2, 0.25) is 0 Å². The lowest BCUT2D eigenvalue weighted by Gasteiger charge is -2.07. The Morgan fingerprint density at radius 1 is 1.29 bits per heavy atom. The fourth-order valence-corrected chi connectivity index (χ4v) is 3.31. The zero-order chi connectivity index (χ0) is 14.9. The van der Waals surface area contributed by atoms with Gasteiger partial charge in [0, 0.05) is 28.6 Å². The molecule has 0 spiro atoms. The Morgan fingerprint density at radius 3 is 2.76 bits per heavy atom. The molecule has 0 unspecified atom stereocenters. The number of hydrogen-bond acceptors (Lipinski definition) is 4. The number of anilines is 1. The molecule has 0 saturated carbocycles. The number of amides is 2. The van der Waals surface area contributed by atoms with Crippen LogP contribution < -0.4 is 10.6 Å². The molecular formula is C15H15N3OS2. The first kappa shape index (κ1) is 15.4. The van der Waals surface area contributed by atoms with Crippen molar-refractivity contribution in [1.82, 2.24) is 5.32 Å². The van der Waals surface area contributed by atoms with Gasteiger partial charge in [-0.05, 0) is 35.7 Å². The van der Waals surface area contributed by atoms with Crippen LogP contribution >= 0.6 is 23.1 Å². The predicted molar refractivity (Wildman–Crippen MR) is 88.7 cm³/mol. The number of urea groups is 1. The molecule has 0 atom stereocenters. The number of nitriles is 1.